The summed E-state index contributed by atoms with van der Waals surface area (Å²) in [5.74, 6) is -5.18. The second-order valence-electron chi connectivity index (χ2n) is 3.44. The van der Waals surface area contributed by atoms with E-state index < -0.39 is 28.9 Å². The van der Waals surface area contributed by atoms with Crippen LogP contribution in [0.25, 0.3) is 0 Å². The van der Waals surface area contributed by atoms with Gasteiger partial charge in [-0.05, 0) is 18.6 Å². The fourth-order valence-electron chi connectivity index (χ4n) is 1.14. The van der Waals surface area contributed by atoms with Gasteiger partial charge in [0.2, 0.25) is 0 Å². The van der Waals surface area contributed by atoms with Crippen molar-refractivity contribution in [2.45, 2.75) is 18.2 Å². The number of benzene rings is 1. The molecule has 0 fully saturated rings. The lowest BCUT2D eigenvalue weighted by atomic mass is 10.2. The summed E-state index contributed by atoms with van der Waals surface area (Å²) in [7, 11) is 0. The number of alkyl halides is 1. The van der Waals surface area contributed by atoms with Crippen LogP contribution in [0.5, 0.6) is 0 Å². The number of rotatable bonds is 4. The van der Waals surface area contributed by atoms with Gasteiger partial charge < -0.3 is 5.32 Å². The summed E-state index contributed by atoms with van der Waals surface area (Å²) in [6.45, 7) is 2.19. The Morgan fingerprint density at radius 3 is 2.59 bits per heavy atom. The Balaban J connectivity index is 2.80. The summed E-state index contributed by atoms with van der Waals surface area (Å²) in [6, 6.07) is 1.64. The van der Waals surface area contributed by atoms with E-state index in [1.807, 2.05) is 6.92 Å². The highest BCUT2D eigenvalue weighted by atomic mass is 79.9. The van der Waals surface area contributed by atoms with Crippen molar-refractivity contribution >= 4 is 21.8 Å². The number of halogens is 4. The van der Waals surface area contributed by atoms with Crippen LogP contribution < -0.4 is 5.32 Å². The van der Waals surface area contributed by atoms with E-state index in [2.05, 4.69) is 21.2 Å². The monoisotopic (exact) mass is 309 g/mol. The van der Waals surface area contributed by atoms with Crippen molar-refractivity contribution in [3.8, 4) is 0 Å². The van der Waals surface area contributed by atoms with E-state index in [1.165, 1.54) is 0 Å². The topological polar surface area (TPSA) is 29.1 Å². The van der Waals surface area contributed by atoms with Crippen LogP contribution in [-0.2, 0) is 0 Å². The van der Waals surface area contributed by atoms with Crippen LogP contribution in [0.3, 0.4) is 0 Å². The molecule has 0 aliphatic rings. The van der Waals surface area contributed by atoms with Crippen molar-refractivity contribution in [1.29, 1.82) is 0 Å². The first kappa shape index (κ1) is 14.0. The molecule has 0 aromatic heterocycles. The maximum absolute atomic E-state index is 13.2. The molecule has 2 nitrogen and oxygen atoms in total. The first-order chi connectivity index (χ1) is 7.97. The molecule has 1 aromatic carbocycles. The Morgan fingerprint density at radius 2 is 2.00 bits per heavy atom. The van der Waals surface area contributed by atoms with Gasteiger partial charge in [-0.25, -0.2) is 13.2 Å². The lowest BCUT2D eigenvalue weighted by Gasteiger charge is -2.09. The summed E-state index contributed by atoms with van der Waals surface area (Å²) < 4.78 is 38.7. The molecule has 1 atom stereocenters. The Bertz CT molecular complexity index is 425. The summed E-state index contributed by atoms with van der Waals surface area (Å²) >= 11 is 3.28. The third-order valence-electron chi connectivity index (χ3n) is 2.21. The zero-order chi connectivity index (χ0) is 13.0. The van der Waals surface area contributed by atoms with E-state index >= 15 is 0 Å². The van der Waals surface area contributed by atoms with Gasteiger partial charge in [-0.3, -0.25) is 4.79 Å². The molecule has 1 unspecified atom stereocenters. The molecule has 1 rings (SSSR count). The number of amides is 1. The SMILES string of the molecule is CCC(Br)CNC(=O)c1ccc(F)c(F)c1F. The van der Waals surface area contributed by atoms with Crippen LogP contribution >= 0.6 is 15.9 Å². The van der Waals surface area contributed by atoms with E-state index in [9.17, 15) is 18.0 Å². The molecular formula is C11H11BrF3NO. The minimum Gasteiger partial charge on any atom is -0.351 e. The van der Waals surface area contributed by atoms with E-state index in [4.69, 9.17) is 0 Å². The summed E-state index contributed by atoms with van der Waals surface area (Å²) in [5, 5.41) is 2.42. The number of carbonyl (C=O) groups is 1. The first-order valence-electron chi connectivity index (χ1n) is 5.03. The number of carbonyl (C=O) groups excluding carboxylic acids is 1. The largest absolute Gasteiger partial charge is 0.351 e. The third-order valence-corrected chi connectivity index (χ3v) is 3.18. The lowest BCUT2D eigenvalue weighted by molar-refractivity contribution is 0.0948. The average molecular weight is 310 g/mol. The van der Waals surface area contributed by atoms with E-state index in [1.54, 1.807) is 0 Å². The minimum atomic E-state index is -1.64. The number of hydrogen-bond acceptors (Lipinski definition) is 1. The molecule has 1 N–H and O–H groups in total. The normalized spacial score (nSPS) is 12.3. The van der Waals surface area contributed by atoms with Gasteiger partial charge in [-0.2, -0.15) is 0 Å². The summed E-state index contributed by atoms with van der Waals surface area (Å²) in [5.41, 5.74) is -0.500. The highest BCUT2D eigenvalue weighted by Crippen LogP contribution is 2.15. The van der Waals surface area contributed by atoms with Gasteiger partial charge >= 0.3 is 0 Å². The van der Waals surface area contributed by atoms with Crippen LogP contribution in [0.4, 0.5) is 13.2 Å². The summed E-state index contributed by atoms with van der Waals surface area (Å²) in [4.78, 5) is 11.5. The van der Waals surface area contributed by atoms with Crippen molar-refractivity contribution in [3.05, 3.63) is 35.1 Å². The molecule has 0 saturated carbocycles. The van der Waals surface area contributed by atoms with Gasteiger partial charge in [-0.15, -0.1) is 0 Å². The van der Waals surface area contributed by atoms with E-state index in [0.717, 1.165) is 18.6 Å². The zero-order valence-electron chi connectivity index (χ0n) is 9.07. The predicted molar refractivity (Wildman–Crippen MR) is 61.7 cm³/mol. The molecular weight excluding hydrogens is 299 g/mol. The fourth-order valence-corrected chi connectivity index (χ4v) is 1.31. The summed E-state index contributed by atoms with van der Waals surface area (Å²) in [6.07, 6.45) is 0.778. The number of nitrogens with one attached hydrogen (secondary N) is 1. The molecule has 6 heteroatoms. The highest BCUT2D eigenvalue weighted by molar-refractivity contribution is 9.09. The molecule has 1 aromatic rings. The third kappa shape index (κ3) is 3.46. The lowest BCUT2D eigenvalue weighted by Crippen LogP contribution is -2.30. The van der Waals surface area contributed by atoms with Crippen LogP contribution in [0, 0.1) is 17.5 Å². The van der Waals surface area contributed by atoms with Gasteiger partial charge in [0.1, 0.15) is 0 Å². The maximum Gasteiger partial charge on any atom is 0.254 e. The Labute approximate surface area is 105 Å². The van der Waals surface area contributed by atoms with Crippen LogP contribution in [0.15, 0.2) is 12.1 Å². The Kier molecular flexibility index (Phi) is 4.99. The molecule has 0 heterocycles. The van der Waals surface area contributed by atoms with Crippen molar-refractivity contribution in [1.82, 2.24) is 5.32 Å². The smallest absolute Gasteiger partial charge is 0.254 e. The van der Waals surface area contributed by atoms with Crippen molar-refractivity contribution < 1.29 is 18.0 Å². The predicted octanol–water partition coefficient (Wildman–Crippen LogP) is 3.01. The van der Waals surface area contributed by atoms with Crippen molar-refractivity contribution in [2.24, 2.45) is 0 Å². The van der Waals surface area contributed by atoms with Crippen LogP contribution in [0.1, 0.15) is 23.7 Å². The molecule has 94 valence electrons. The van der Waals surface area contributed by atoms with E-state index in [-0.39, 0.29) is 11.4 Å². The number of hydrogen-bond donors (Lipinski definition) is 1. The molecule has 0 bridgehead atoms. The molecule has 0 aliphatic heterocycles. The van der Waals surface area contributed by atoms with Crippen LogP contribution in [0.2, 0.25) is 0 Å². The highest BCUT2D eigenvalue weighted by Gasteiger charge is 2.18. The molecule has 0 aliphatic carbocycles. The molecule has 0 spiro atoms. The maximum atomic E-state index is 13.2. The molecule has 0 radical (unpaired) electrons. The minimum absolute atomic E-state index is 0.0554. The second kappa shape index (κ2) is 6.05. The Hall–Kier alpha value is -1.04. The fraction of sp³-hybridized carbons (Fsp3) is 0.364. The van der Waals surface area contributed by atoms with Crippen molar-refractivity contribution in [3.63, 3.8) is 0 Å². The van der Waals surface area contributed by atoms with Crippen molar-refractivity contribution in [2.75, 3.05) is 6.54 Å². The van der Waals surface area contributed by atoms with Gasteiger partial charge in [0.25, 0.3) is 5.91 Å². The quantitative estimate of drug-likeness (QED) is 0.672. The van der Waals surface area contributed by atoms with Gasteiger partial charge in [0.05, 0.1) is 5.56 Å². The van der Waals surface area contributed by atoms with Gasteiger partial charge in [0.15, 0.2) is 17.5 Å². The molecule has 17 heavy (non-hydrogen) atoms. The Morgan fingerprint density at radius 1 is 1.35 bits per heavy atom. The molecule has 0 saturated heterocycles. The van der Waals surface area contributed by atoms with Gasteiger partial charge in [-0.1, -0.05) is 22.9 Å². The van der Waals surface area contributed by atoms with Gasteiger partial charge in [0, 0.05) is 11.4 Å². The van der Waals surface area contributed by atoms with Crippen LogP contribution in [-0.4, -0.2) is 17.3 Å². The second-order valence-corrected chi connectivity index (χ2v) is 4.73. The van der Waals surface area contributed by atoms with E-state index in [0.29, 0.717) is 0 Å². The first-order valence-corrected chi connectivity index (χ1v) is 5.94. The average Bonchev–Trinajstić information content (AvgIpc) is 2.32. The molecule has 1 amide bonds. The standard InChI is InChI=1S/C11H11BrF3NO/c1-2-6(12)5-16-11(17)7-3-4-8(13)10(15)9(7)14/h3-4,6H,2,5H2,1H3,(H,16,17). The zero-order valence-corrected chi connectivity index (χ0v) is 10.7.